The van der Waals surface area contributed by atoms with Crippen molar-refractivity contribution in [2.75, 3.05) is 17.7 Å². The number of hydrogen-bond donors (Lipinski definition) is 2. The smallest absolute Gasteiger partial charge is 0.221 e. The summed E-state index contributed by atoms with van der Waals surface area (Å²) in [6, 6.07) is 11.8. The fourth-order valence-corrected chi connectivity index (χ4v) is 1.96. The summed E-state index contributed by atoms with van der Waals surface area (Å²) in [6.07, 6.45) is 0. The molecule has 0 unspecified atom stereocenters. The average molecular weight is 288 g/mol. The lowest BCUT2D eigenvalue weighted by atomic mass is 10.2. The number of carbonyl (C=O) groups excluding carboxylic acids is 1. The average Bonchev–Trinajstić information content (AvgIpc) is 2.46. The molecule has 110 valence electrons. The van der Waals surface area contributed by atoms with Crippen molar-refractivity contribution in [3.63, 3.8) is 0 Å². The van der Waals surface area contributed by atoms with Gasteiger partial charge in [-0.1, -0.05) is 18.2 Å². The Hall–Kier alpha value is -2.56. The van der Waals surface area contributed by atoms with Crippen molar-refractivity contribution >= 4 is 17.3 Å². The summed E-state index contributed by atoms with van der Waals surface area (Å²) in [5, 5.41) is 5.82. The highest BCUT2D eigenvalue weighted by atomic mass is 19.1. The highest BCUT2D eigenvalue weighted by molar-refractivity contribution is 5.89. The van der Waals surface area contributed by atoms with E-state index in [9.17, 15) is 9.18 Å². The zero-order valence-corrected chi connectivity index (χ0v) is 11.9. The fraction of sp³-hybridized carbons (Fsp3) is 0.188. The van der Waals surface area contributed by atoms with Crippen LogP contribution in [0, 0.1) is 5.82 Å². The number of nitrogens with one attached hydrogen (secondary N) is 2. The minimum atomic E-state index is -0.262. The summed E-state index contributed by atoms with van der Waals surface area (Å²) >= 11 is 0. The number of methoxy groups -OCH3 is 1. The standard InChI is InChI=1S/C16H17FN2O2/c1-11(20)19-13-7-8-16(21-2)15(9-13)18-10-12-5-3-4-6-14(12)17/h3-9,18H,10H2,1-2H3,(H,19,20). The number of carbonyl (C=O) groups is 1. The Morgan fingerprint density at radius 2 is 2.00 bits per heavy atom. The van der Waals surface area contributed by atoms with Gasteiger partial charge in [-0.15, -0.1) is 0 Å². The van der Waals surface area contributed by atoms with Crippen molar-refractivity contribution in [2.24, 2.45) is 0 Å². The predicted octanol–water partition coefficient (Wildman–Crippen LogP) is 3.40. The van der Waals surface area contributed by atoms with Gasteiger partial charge in [-0.3, -0.25) is 4.79 Å². The highest BCUT2D eigenvalue weighted by Crippen LogP contribution is 2.28. The number of halogens is 1. The van der Waals surface area contributed by atoms with Gasteiger partial charge in [0.25, 0.3) is 0 Å². The van der Waals surface area contributed by atoms with Crippen LogP contribution in [0.3, 0.4) is 0 Å². The molecule has 0 aliphatic rings. The van der Waals surface area contributed by atoms with Gasteiger partial charge in [-0.25, -0.2) is 4.39 Å². The van der Waals surface area contributed by atoms with Crippen molar-refractivity contribution in [2.45, 2.75) is 13.5 Å². The van der Waals surface area contributed by atoms with E-state index >= 15 is 0 Å². The van der Waals surface area contributed by atoms with Crippen LogP contribution in [0.2, 0.25) is 0 Å². The monoisotopic (exact) mass is 288 g/mol. The molecule has 21 heavy (non-hydrogen) atoms. The zero-order chi connectivity index (χ0) is 15.2. The minimum Gasteiger partial charge on any atom is -0.495 e. The van der Waals surface area contributed by atoms with Crippen molar-refractivity contribution in [1.29, 1.82) is 0 Å². The quantitative estimate of drug-likeness (QED) is 0.886. The van der Waals surface area contributed by atoms with E-state index in [0.29, 0.717) is 29.2 Å². The normalized spacial score (nSPS) is 10.0. The molecule has 0 radical (unpaired) electrons. The van der Waals surface area contributed by atoms with Gasteiger partial charge in [0.05, 0.1) is 12.8 Å². The molecular formula is C16H17FN2O2. The Kier molecular flexibility index (Phi) is 4.77. The van der Waals surface area contributed by atoms with Crippen molar-refractivity contribution in [3.05, 3.63) is 53.8 Å². The third kappa shape index (κ3) is 3.95. The largest absolute Gasteiger partial charge is 0.495 e. The first-order chi connectivity index (χ1) is 10.1. The maximum absolute atomic E-state index is 13.6. The number of ether oxygens (including phenoxy) is 1. The second kappa shape index (κ2) is 6.74. The molecule has 0 aliphatic heterocycles. The predicted molar refractivity (Wildman–Crippen MR) is 81.0 cm³/mol. The Bertz CT molecular complexity index is 644. The molecule has 0 bridgehead atoms. The van der Waals surface area contributed by atoms with Crippen LogP contribution < -0.4 is 15.4 Å². The maximum atomic E-state index is 13.6. The van der Waals surface area contributed by atoms with E-state index in [1.807, 2.05) is 0 Å². The van der Waals surface area contributed by atoms with Crippen LogP contribution in [0.4, 0.5) is 15.8 Å². The summed E-state index contributed by atoms with van der Waals surface area (Å²) in [7, 11) is 1.56. The van der Waals surface area contributed by atoms with E-state index in [1.54, 1.807) is 43.5 Å². The Morgan fingerprint density at radius 3 is 2.67 bits per heavy atom. The van der Waals surface area contributed by atoms with Gasteiger partial charge in [-0.2, -0.15) is 0 Å². The topological polar surface area (TPSA) is 50.4 Å². The molecule has 4 nitrogen and oxygen atoms in total. The molecule has 2 rings (SSSR count). The zero-order valence-electron chi connectivity index (χ0n) is 11.9. The molecule has 0 heterocycles. The van der Waals surface area contributed by atoms with E-state index in [4.69, 9.17) is 4.74 Å². The first-order valence-corrected chi connectivity index (χ1v) is 6.53. The van der Waals surface area contributed by atoms with Crippen LogP contribution in [-0.4, -0.2) is 13.0 Å². The number of hydrogen-bond acceptors (Lipinski definition) is 3. The second-order valence-electron chi connectivity index (χ2n) is 4.54. The summed E-state index contributed by atoms with van der Waals surface area (Å²) in [6.45, 7) is 1.77. The van der Waals surface area contributed by atoms with Crippen LogP contribution in [-0.2, 0) is 11.3 Å². The molecule has 0 fully saturated rings. The van der Waals surface area contributed by atoms with Gasteiger partial charge in [-0.05, 0) is 24.3 Å². The van der Waals surface area contributed by atoms with Gasteiger partial charge in [0.2, 0.25) is 5.91 Å². The van der Waals surface area contributed by atoms with Gasteiger partial charge < -0.3 is 15.4 Å². The molecule has 1 amide bonds. The lowest BCUT2D eigenvalue weighted by Gasteiger charge is -2.13. The van der Waals surface area contributed by atoms with Crippen molar-refractivity contribution < 1.29 is 13.9 Å². The third-order valence-electron chi connectivity index (χ3n) is 2.95. The highest BCUT2D eigenvalue weighted by Gasteiger charge is 2.07. The summed E-state index contributed by atoms with van der Waals surface area (Å²) in [4.78, 5) is 11.1. The molecule has 2 aromatic carbocycles. The van der Waals surface area contributed by atoms with Crippen LogP contribution in [0.15, 0.2) is 42.5 Å². The fourth-order valence-electron chi connectivity index (χ4n) is 1.96. The molecule has 0 aliphatic carbocycles. The maximum Gasteiger partial charge on any atom is 0.221 e. The van der Waals surface area contributed by atoms with Crippen LogP contribution >= 0.6 is 0 Å². The Labute approximate surface area is 122 Å². The molecule has 0 saturated heterocycles. The number of benzene rings is 2. The van der Waals surface area contributed by atoms with Crippen LogP contribution in [0.25, 0.3) is 0 Å². The Balaban J connectivity index is 2.17. The van der Waals surface area contributed by atoms with Crippen molar-refractivity contribution in [3.8, 4) is 5.75 Å². The molecule has 2 aromatic rings. The van der Waals surface area contributed by atoms with Gasteiger partial charge >= 0.3 is 0 Å². The first-order valence-electron chi connectivity index (χ1n) is 6.53. The summed E-state index contributed by atoms with van der Waals surface area (Å²) in [5.74, 6) is 0.211. The van der Waals surface area contributed by atoms with Gasteiger partial charge in [0.1, 0.15) is 11.6 Å². The molecule has 0 aromatic heterocycles. The summed E-state index contributed by atoms with van der Waals surface area (Å²) in [5.41, 5.74) is 1.90. The minimum absolute atomic E-state index is 0.153. The van der Waals surface area contributed by atoms with Gasteiger partial charge in [0, 0.05) is 24.7 Å². The first kappa shape index (κ1) is 14.8. The number of amides is 1. The van der Waals surface area contributed by atoms with E-state index in [1.165, 1.54) is 13.0 Å². The molecule has 5 heteroatoms. The lowest BCUT2D eigenvalue weighted by molar-refractivity contribution is -0.114. The molecule has 0 saturated carbocycles. The molecule has 0 spiro atoms. The van der Waals surface area contributed by atoms with Crippen molar-refractivity contribution in [1.82, 2.24) is 0 Å². The third-order valence-corrected chi connectivity index (χ3v) is 2.95. The number of anilines is 2. The van der Waals surface area contributed by atoms with E-state index in [2.05, 4.69) is 10.6 Å². The van der Waals surface area contributed by atoms with Crippen LogP contribution in [0.1, 0.15) is 12.5 Å². The molecule has 2 N–H and O–H groups in total. The van der Waals surface area contributed by atoms with E-state index in [-0.39, 0.29) is 11.7 Å². The lowest BCUT2D eigenvalue weighted by Crippen LogP contribution is -2.07. The molecular weight excluding hydrogens is 271 g/mol. The van der Waals surface area contributed by atoms with Crippen LogP contribution in [0.5, 0.6) is 5.75 Å². The second-order valence-corrected chi connectivity index (χ2v) is 4.54. The SMILES string of the molecule is COc1ccc(NC(C)=O)cc1NCc1ccccc1F. The Morgan fingerprint density at radius 1 is 1.24 bits per heavy atom. The number of rotatable bonds is 5. The van der Waals surface area contributed by atoms with E-state index in [0.717, 1.165) is 0 Å². The molecule has 0 atom stereocenters. The summed E-state index contributed by atoms with van der Waals surface area (Å²) < 4.78 is 18.9. The van der Waals surface area contributed by atoms with E-state index < -0.39 is 0 Å². The van der Waals surface area contributed by atoms with Gasteiger partial charge in [0.15, 0.2) is 0 Å².